The van der Waals surface area contributed by atoms with Gasteiger partial charge in [-0.25, -0.2) is 4.79 Å². The van der Waals surface area contributed by atoms with E-state index in [1.165, 1.54) is 6.92 Å². The molecule has 1 N–H and O–H groups in total. The first kappa shape index (κ1) is 20.1. The molecule has 0 unspecified atom stereocenters. The minimum absolute atomic E-state index is 0.315. The minimum Gasteiger partial charge on any atom is -0.449 e. The number of allylic oxidation sites excluding steroid dienone is 1. The Morgan fingerprint density at radius 2 is 1.92 bits per heavy atom. The summed E-state index contributed by atoms with van der Waals surface area (Å²) in [6.45, 7) is 4.43. The fraction of sp³-hybridized carbons (Fsp3) is 0.333. The van der Waals surface area contributed by atoms with Gasteiger partial charge < -0.3 is 10.1 Å². The summed E-state index contributed by atoms with van der Waals surface area (Å²) in [4.78, 5) is 33.0. The first-order chi connectivity index (χ1) is 11.4. The van der Waals surface area contributed by atoms with Crippen molar-refractivity contribution in [3.63, 3.8) is 0 Å². The van der Waals surface area contributed by atoms with Crippen LogP contribution >= 0.6 is 0 Å². The molecule has 0 aliphatic heterocycles. The number of nitrogens with one attached hydrogen (secondary N) is 1. The van der Waals surface area contributed by atoms with Crippen molar-refractivity contribution in [2.45, 2.75) is 33.1 Å². The zero-order valence-electron chi connectivity index (χ0n) is 13.5. The van der Waals surface area contributed by atoms with Crippen molar-refractivity contribution in [2.24, 2.45) is 0 Å². The third-order valence-electron chi connectivity index (χ3n) is 2.85. The van der Waals surface area contributed by atoms with Crippen LogP contribution in [0.4, 0.5) is 24.5 Å². The van der Waals surface area contributed by atoms with Crippen LogP contribution in [-0.4, -0.2) is 22.9 Å². The Balaban J connectivity index is 3.02. The van der Waals surface area contributed by atoms with E-state index in [1.807, 2.05) is 5.32 Å². The molecule has 1 rings (SSSR count). The van der Waals surface area contributed by atoms with Crippen molar-refractivity contribution < 1.29 is 32.4 Å². The lowest BCUT2D eigenvalue weighted by molar-refractivity contribution is -0.385. The van der Waals surface area contributed by atoms with Crippen molar-refractivity contribution >= 4 is 23.3 Å². The van der Waals surface area contributed by atoms with E-state index in [0.29, 0.717) is 11.6 Å². The number of rotatable bonds is 5. The number of halogens is 3. The highest BCUT2D eigenvalue weighted by molar-refractivity contribution is 5.96. The van der Waals surface area contributed by atoms with Gasteiger partial charge in [0.05, 0.1) is 16.2 Å². The van der Waals surface area contributed by atoms with Gasteiger partial charge >= 0.3 is 12.1 Å². The number of hydrogen-bond acceptors (Lipinski definition) is 5. The van der Waals surface area contributed by atoms with Crippen LogP contribution in [0.3, 0.4) is 0 Å². The van der Waals surface area contributed by atoms with Gasteiger partial charge in [0.25, 0.3) is 11.6 Å². The van der Waals surface area contributed by atoms with Gasteiger partial charge in [-0.1, -0.05) is 5.57 Å². The second-order valence-electron chi connectivity index (χ2n) is 5.27. The number of alkyl halides is 3. The average Bonchev–Trinajstić information content (AvgIpc) is 2.44. The van der Waals surface area contributed by atoms with Gasteiger partial charge in [0, 0.05) is 18.2 Å². The summed E-state index contributed by atoms with van der Waals surface area (Å²) in [7, 11) is 0. The zero-order chi connectivity index (χ0) is 19.4. The molecule has 0 aliphatic rings. The number of non-ortho nitro benzene ring substituents is 1. The van der Waals surface area contributed by atoms with Crippen LogP contribution in [0.1, 0.15) is 26.3 Å². The maximum absolute atomic E-state index is 13.0. The van der Waals surface area contributed by atoms with Gasteiger partial charge in [-0.2, -0.15) is 13.2 Å². The Bertz CT molecular complexity index is 724. The molecule has 0 fully saturated rings. The van der Waals surface area contributed by atoms with E-state index < -0.39 is 46.0 Å². The SMILES string of the molecule is CC(C)=CC(=O)O[C@@H](C)C(=O)Nc1ccc([N+](=O)[O-])cc1C(F)(F)F. The molecule has 136 valence electrons. The topological polar surface area (TPSA) is 98.5 Å². The Kier molecular flexibility index (Phi) is 6.26. The number of hydrogen-bond donors (Lipinski definition) is 1. The van der Waals surface area contributed by atoms with E-state index in [2.05, 4.69) is 0 Å². The molecule has 25 heavy (non-hydrogen) atoms. The number of carbonyl (C=O) groups is 2. The molecular formula is C15H15F3N2O5. The number of nitro groups is 1. The van der Waals surface area contributed by atoms with Crippen molar-refractivity contribution in [3.8, 4) is 0 Å². The van der Waals surface area contributed by atoms with Gasteiger partial charge in [0.1, 0.15) is 0 Å². The molecule has 0 aliphatic carbocycles. The average molecular weight is 360 g/mol. The molecule has 0 saturated heterocycles. The molecule has 1 atom stereocenters. The summed E-state index contributed by atoms with van der Waals surface area (Å²) in [5, 5.41) is 12.6. The summed E-state index contributed by atoms with van der Waals surface area (Å²) in [6.07, 6.45) is -5.16. The van der Waals surface area contributed by atoms with Crippen LogP contribution in [0.15, 0.2) is 29.8 Å². The summed E-state index contributed by atoms with van der Waals surface area (Å²) in [5.41, 5.74) is -2.20. The van der Waals surface area contributed by atoms with Crippen LogP contribution in [0.2, 0.25) is 0 Å². The Morgan fingerprint density at radius 1 is 1.32 bits per heavy atom. The number of benzene rings is 1. The Morgan fingerprint density at radius 3 is 2.40 bits per heavy atom. The second kappa shape index (κ2) is 7.77. The molecule has 1 amide bonds. The largest absolute Gasteiger partial charge is 0.449 e. The highest BCUT2D eigenvalue weighted by Crippen LogP contribution is 2.37. The maximum Gasteiger partial charge on any atom is 0.418 e. The third kappa shape index (κ3) is 5.90. The molecule has 1 aromatic carbocycles. The highest BCUT2D eigenvalue weighted by atomic mass is 19.4. The Hall–Kier alpha value is -2.91. The van der Waals surface area contributed by atoms with E-state index in [1.54, 1.807) is 13.8 Å². The highest BCUT2D eigenvalue weighted by Gasteiger charge is 2.36. The molecule has 0 heterocycles. The standard InChI is InChI=1S/C15H15F3N2O5/c1-8(2)6-13(21)25-9(3)14(22)19-12-5-4-10(20(23)24)7-11(12)15(16,17)18/h4-7,9H,1-3H3,(H,19,22)/t9-/m0/s1. The number of esters is 1. The van der Waals surface area contributed by atoms with Gasteiger partial charge in [0.15, 0.2) is 6.10 Å². The number of nitro benzene ring substituents is 1. The molecule has 0 spiro atoms. The first-order valence-electron chi connectivity index (χ1n) is 6.94. The fourth-order valence-electron chi connectivity index (χ4n) is 1.72. The summed E-state index contributed by atoms with van der Waals surface area (Å²) in [6, 6.07) is 1.91. The quantitative estimate of drug-likeness (QED) is 0.375. The lowest BCUT2D eigenvalue weighted by atomic mass is 10.1. The normalized spacial score (nSPS) is 12.1. The number of ether oxygens (including phenoxy) is 1. The van der Waals surface area contributed by atoms with Gasteiger partial charge in [0.2, 0.25) is 0 Å². The summed E-state index contributed by atoms with van der Waals surface area (Å²) in [5.74, 6) is -1.82. The molecule has 1 aromatic rings. The molecule has 0 radical (unpaired) electrons. The second-order valence-corrected chi connectivity index (χ2v) is 5.27. The van der Waals surface area contributed by atoms with Crippen molar-refractivity contribution in [3.05, 3.63) is 45.5 Å². The van der Waals surface area contributed by atoms with Crippen LogP contribution in [0, 0.1) is 10.1 Å². The van der Waals surface area contributed by atoms with Crippen molar-refractivity contribution in [2.75, 3.05) is 5.32 Å². The Labute approximate surface area is 140 Å². The molecule has 0 saturated carbocycles. The van der Waals surface area contributed by atoms with Gasteiger partial charge in [-0.3, -0.25) is 14.9 Å². The van der Waals surface area contributed by atoms with E-state index >= 15 is 0 Å². The van der Waals surface area contributed by atoms with E-state index in [-0.39, 0.29) is 0 Å². The predicted octanol–water partition coefficient (Wildman–Crippen LogP) is 3.45. The fourth-order valence-corrected chi connectivity index (χ4v) is 1.72. The van der Waals surface area contributed by atoms with Gasteiger partial charge in [-0.15, -0.1) is 0 Å². The first-order valence-corrected chi connectivity index (χ1v) is 6.94. The molecule has 0 bridgehead atoms. The summed E-state index contributed by atoms with van der Waals surface area (Å²) >= 11 is 0. The van der Waals surface area contributed by atoms with Gasteiger partial charge in [-0.05, 0) is 26.8 Å². The number of carbonyl (C=O) groups excluding carboxylic acids is 2. The smallest absolute Gasteiger partial charge is 0.418 e. The molecular weight excluding hydrogens is 345 g/mol. The van der Waals surface area contributed by atoms with Crippen molar-refractivity contribution in [1.29, 1.82) is 0 Å². The minimum atomic E-state index is -4.92. The lowest BCUT2D eigenvalue weighted by Gasteiger charge is -2.16. The van der Waals surface area contributed by atoms with E-state index in [0.717, 1.165) is 18.2 Å². The number of amides is 1. The molecule has 10 heteroatoms. The predicted molar refractivity (Wildman–Crippen MR) is 81.7 cm³/mol. The lowest BCUT2D eigenvalue weighted by Crippen LogP contribution is -2.30. The van der Waals surface area contributed by atoms with Crippen LogP contribution in [-0.2, 0) is 20.5 Å². The monoisotopic (exact) mass is 360 g/mol. The van der Waals surface area contributed by atoms with Crippen molar-refractivity contribution in [1.82, 2.24) is 0 Å². The van der Waals surface area contributed by atoms with Crippen LogP contribution in [0.5, 0.6) is 0 Å². The molecule has 7 nitrogen and oxygen atoms in total. The number of nitrogens with zero attached hydrogens (tertiary/aromatic N) is 1. The van der Waals surface area contributed by atoms with Crippen LogP contribution in [0.25, 0.3) is 0 Å². The van der Waals surface area contributed by atoms with E-state index in [4.69, 9.17) is 4.74 Å². The number of anilines is 1. The third-order valence-corrected chi connectivity index (χ3v) is 2.85. The maximum atomic E-state index is 13.0. The molecule has 0 aromatic heterocycles. The van der Waals surface area contributed by atoms with Crippen LogP contribution < -0.4 is 5.32 Å². The van der Waals surface area contributed by atoms with E-state index in [9.17, 15) is 32.9 Å². The zero-order valence-corrected chi connectivity index (χ0v) is 13.5. The summed E-state index contributed by atoms with van der Waals surface area (Å²) < 4.78 is 43.9.